The monoisotopic (exact) mass is 407 g/mol. The number of hydrogen-bond donors (Lipinski definition) is 1. The number of aromatic nitrogens is 2. The van der Waals surface area contributed by atoms with Gasteiger partial charge in [-0.2, -0.15) is 5.10 Å². The van der Waals surface area contributed by atoms with Crippen molar-refractivity contribution in [1.82, 2.24) is 9.78 Å². The normalized spacial score (nSPS) is 15.0. The topological polar surface area (TPSA) is 46.9 Å². The summed E-state index contributed by atoms with van der Waals surface area (Å²) in [5.41, 5.74) is 2.54. The Morgan fingerprint density at radius 2 is 2.18 bits per heavy atom. The molecule has 0 saturated carbocycles. The number of aryl methyl sites for hydroxylation is 1. The van der Waals surface area contributed by atoms with Gasteiger partial charge in [-0.15, -0.1) is 8.20 Å². The van der Waals surface area contributed by atoms with Gasteiger partial charge in [0, 0.05) is 18.9 Å². The summed E-state index contributed by atoms with van der Waals surface area (Å²) >= 11 is 0. The largest absolute Gasteiger partial charge is 0.322 e. The lowest BCUT2D eigenvalue weighted by atomic mass is 9.75. The Labute approximate surface area is 167 Å². The molecule has 1 atom stereocenters. The Balaban J connectivity index is 0.00000136. The van der Waals surface area contributed by atoms with Crippen molar-refractivity contribution in [3.63, 3.8) is 0 Å². The van der Waals surface area contributed by atoms with Crippen molar-refractivity contribution in [2.75, 3.05) is 11.5 Å². The van der Waals surface area contributed by atoms with Crippen LogP contribution in [0.1, 0.15) is 73.1 Å². The molecule has 2 aromatic rings. The van der Waals surface area contributed by atoms with E-state index in [0.717, 1.165) is 36.7 Å². The van der Waals surface area contributed by atoms with Crippen LogP contribution in [0.4, 0.5) is 14.5 Å². The number of hydrogen-bond acceptors (Lipinski definition) is 2. The van der Waals surface area contributed by atoms with E-state index in [1.165, 1.54) is 31.7 Å². The first-order chi connectivity index (χ1) is 13.5. The number of fused-ring (bicyclic) bond motifs is 1. The molecule has 1 aliphatic carbocycles. The van der Waals surface area contributed by atoms with E-state index in [1.54, 1.807) is 0 Å². The van der Waals surface area contributed by atoms with Gasteiger partial charge in [-0.25, -0.2) is 8.78 Å². The van der Waals surface area contributed by atoms with E-state index < -0.39 is 18.0 Å². The molecule has 0 aliphatic heterocycles. The number of halogens is 2. The second kappa shape index (κ2) is 10.5. The predicted octanol–water partition coefficient (Wildman–Crippen LogP) is 5.82. The molecule has 1 heterocycles. The average molecular weight is 407 g/mol. The lowest BCUT2D eigenvalue weighted by Gasteiger charge is -2.32. The third-order valence-electron chi connectivity index (χ3n) is 4.55. The van der Waals surface area contributed by atoms with E-state index in [2.05, 4.69) is 29.2 Å². The summed E-state index contributed by atoms with van der Waals surface area (Å²) in [6.45, 7) is 6.13. The molecular formula is C21H28F2N3OP. The molecule has 7 heteroatoms. The Kier molecular flexibility index (Phi) is 8.31. The van der Waals surface area contributed by atoms with Gasteiger partial charge >= 0.3 is 0 Å². The summed E-state index contributed by atoms with van der Waals surface area (Å²) in [6, 6.07) is 5.80. The number of rotatable bonds is 7. The first kappa shape index (κ1) is 22.2. The summed E-state index contributed by atoms with van der Waals surface area (Å²) < 4.78 is 27.4. The number of alkyl halides is 2. The Hall–Kier alpha value is -2.07. The van der Waals surface area contributed by atoms with Crippen LogP contribution in [0.3, 0.4) is 0 Å². The molecule has 152 valence electrons. The zero-order chi connectivity index (χ0) is 20.7. The zero-order valence-electron chi connectivity index (χ0n) is 16.9. The number of carbonyl (C=O) groups excluding carboxylic acids is 1. The van der Waals surface area contributed by atoms with E-state index in [9.17, 15) is 13.6 Å². The third kappa shape index (κ3) is 5.05. The number of nitrogens with one attached hydrogen (secondary N) is 1. The second-order valence-electron chi connectivity index (χ2n) is 6.42. The van der Waals surface area contributed by atoms with Gasteiger partial charge in [0.25, 0.3) is 12.3 Å². The molecule has 1 aromatic heterocycles. The highest BCUT2D eigenvalue weighted by Gasteiger charge is 2.30. The second-order valence-corrected chi connectivity index (χ2v) is 7.60. The van der Waals surface area contributed by atoms with Crippen LogP contribution in [0.25, 0.3) is 0 Å². The highest BCUT2D eigenvalue weighted by Crippen LogP contribution is 2.43. The van der Waals surface area contributed by atoms with Gasteiger partial charge < -0.3 is 5.32 Å². The fourth-order valence-electron chi connectivity index (χ4n) is 3.35. The minimum absolute atomic E-state index is 0.0768. The summed E-state index contributed by atoms with van der Waals surface area (Å²) in [7, 11) is 2.87. The van der Waals surface area contributed by atoms with Crippen LogP contribution in [-0.2, 0) is 13.5 Å². The van der Waals surface area contributed by atoms with E-state index >= 15 is 0 Å². The minimum Gasteiger partial charge on any atom is -0.322 e. The highest BCUT2D eigenvalue weighted by molar-refractivity contribution is 7.38. The molecule has 0 bridgehead atoms. The van der Waals surface area contributed by atoms with Crippen molar-refractivity contribution in [1.29, 1.82) is 0 Å². The van der Waals surface area contributed by atoms with Crippen LogP contribution < -0.4 is 5.32 Å². The van der Waals surface area contributed by atoms with E-state index in [4.69, 9.17) is 0 Å². The molecule has 3 rings (SSSR count). The van der Waals surface area contributed by atoms with Gasteiger partial charge in [0.2, 0.25) is 0 Å². The van der Waals surface area contributed by atoms with E-state index in [-0.39, 0.29) is 5.56 Å². The molecule has 0 fully saturated rings. The molecule has 0 saturated heterocycles. The van der Waals surface area contributed by atoms with Gasteiger partial charge in [0.05, 0.1) is 5.56 Å². The van der Waals surface area contributed by atoms with E-state index in [0.29, 0.717) is 5.92 Å². The zero-order valence-corrected chi connectivity index (χ0v) is 17.8. The van der Waals surface area contributed by atoms with E-state index in [1.807, 2.05) is 26.0 Å². The van der Waals surface area contributed by atoms with Crippen LogP contribution in [0.5, 0.6) is 0 Å². The number of carbonyl (C=O) groups is 1. The summed E-state index contributed by atoms with van der Waals surface area (Å²) in [5, 5.41) is 6.52. The maximum Gasteiger partial charge on any atom is 0.282 e. The molecule has 0 spiro atoms. The van der Waals surface area contributed by atoms with Crippen molar-refractivity contribution in [2.45, 2.75) is 52.4 Å². The molecule has 1 aromatic carbocycles. The standard InChI is InChI=1S/C19H22F2N3OP.C2H6/c1-3-8-26-9-7-13-10-12-5-4-6-15(16(12)13)22-19(25)14-11-24(2)23-17(14)18(20)21;1-2/h4-6,8,11,13,18H,3,7,9-10H2,1-2H3,(H,22,25);1-2H3. The fourth-order valence-corrected chi connectivity index (χ4v) is 4.25. The number of anilines is 1. The highest BCUT2D eigenvalue weighted by atomic mass is 31.1. The fraction of sp³-hybridized carbons (Fsp3) is 0.476. The molecule has 1 N–H and O–H groups in total. The quantitative estimate of drug-likeness (QED) is 0.588. The van der Waals surface area contributed by atoms with Gasteiger partial charge in [-0.3, -0.25) is 9.48 Å². The van der Waals surface area contributed by atoms with Crippen molar-refractivity contribution < 1.29 is 13.6 Å². The van der Waals surface area contributed by atoms with Crippen LogP contribution >= 0.6 is 8.20 Å². The van der Waals surface area contributed by atoms with Gasteiger partial charge in [-0.05, 0) is 48.5 Å². The molecule has 0 radical (unpaired) electrons. The SMILES string of the molecule is CC.CCC=PCCC1Cc2cccc(NC(=O)c3cn(C)nc3C(F)F)c21. The predicted molar refractivity (Wildman–Crippen MR) is 113 cm³/mol. The van der Waals surface area contributed by atoms with Gasteiger partial charge in [0.15, 0.2) is 0 Å². The summed E-state index contributed by atoms with van der Waals surface area (Å²) in [4.78, 5) is 12.5. The Morgan fingerprint density at radius 3 is 2.86 bits per heavy atom. The van der Waals surface area contributed by atoms with Crippen molar-refractivity contribution in [3.05, 3.63) is 46.8 Å². The molecule has 4 nitrogen and oxygen atoms in total. The van der Waals surface area contributed by atoms with Crippen LogP contribution in [0.2, 0.25) is 0 Å². The van der Waals surface area contributed by atoms with Gasteiger partial charge in [-0.1, -0.05) is 38.7 Å². The third-order valence-corrected chi connectivity index (χ3v) is 5.69. The lowest BCUT2D eigenvalue weighted by molar-refractivity contribution is 0.101. The Morgan fingerprint density at radius 1 is 1.43 bits per heavy atom. The summed E-state index contributed by atoms with van der Waals surface area (Å²) in [6.07, 6.45) is 2.80. The van der Waals surface area contributed by atoms with Crippen LogP contribution in [0, 0.1) is 0 Å². The summed E-state index contributed by atoms with van der Waals surface area (Å²) in [5.74, 6) is 2.13. The number of nitrogens with zero attached hydrogens (tertiary/aromatic N) is 2. The van der Waals surface area contributed by atoms with Gasteiger partial charge in [0.1, 0.15) is 5.69 Å². The number of amides is 1. The minimum atomic E-state index is -2.78. The lowest BCUT2D eigenvalue weighted by Crippen LogP contribution is -2.22. The molecular weight excluding hydrogens is 379 g/mol. The first-order valence-electron chi connectivity index (χ1n) is 9.74. The molecule has 1 aliphatic rings. The molecule has 1 unspecified atom stereocenters. The van der Waals surface area contributed by atoms with Crippen molar-refractivity contribution in [3.8, 4) is 0 Å². The Bertz CT molecular complexity index is 833. The molecule has 1 amide bonds. The molecule has 28 heavy (non-hydrogen) atoms. The average Bonchev–Trinajstić information content (AvgIpc) is 3.06. The maximum absolute atomic E-state index is 13.1. The van der Waals surface area contributed by atoms with Crippen LogP contribution in [-0.4, -0.2) is 27.6 Å². The first-order valence-corrected chi connectivity index (χ1v) is 10.9. The van der Waals surface area contributed by atoms with Crippen LogP contribution in [0.15, 0.2) is 24.4 Å². The van der Waals surface area contributed by atoms with Crippen molar-refractivity contribution >= 4 is 25.6 Å². The smallest absolute Gasteiger partial charge is 0.282 e. The maximum atomic E-state index is 13.1. The number of benzene rings is 1. The van der Waals surface area contributed by atoms with Crippen molar-refractivity contribution in [2.24, 2.45) is 7.05 Å².